The standard InChI is InChI=1S/C21H35N3O2.HI/c1-16(2)6-5-10-23-21(22-4)24-13-19-8-7-17(3)12-20(19)26-15-18-9-11-25-14-18;/h7-8,12,16,18H,5-6,9-11,13-15H2,1-4H3,(H2,22,23,24);1H. The van der Waals surface area contributed by atoms with Gasteiger partial charge in [0.15, 0.2) is 5.96 Å². The second-order valence-corrected chi connectivity index (χ2v) is 7.54. The number of nitrogens with zero attached hydrogens (tertiary/aromatic N) is 1. The van der Waals surface area contributed by atoms with Gasteiger partial charge in [-0.05, 0) is 43.7 Å². The Labute approximate surface area is 181 Å². The number of benzene rings is 1. The number of hydrogen-bond donors (Lipinski definition) is 2. The minimum atomic E-state index is 0. The quantitative estimate of drug-likeness (QED) is 0.237. The van der Waals surface area contributed by atoms with Gasteiger partial charge >= 0.3 is 0 Å². The molecule has 154 valence electrons. The third-order valence-corrected chi connectivity index (χ3v) is 4.64. The van der Waals surface area contributed by atoms with Crippen LogP contribution in [-0.2, 0) is 11.3 Å². The molecule has 0 aliphatic carbocycles. The summed E-state index contributed by atoms with van der Waals surface area (Å²) in [5.41, 5.74) is 2.36. The fraction of sp³-hybridized carbons (Fsp3) is 0.667. The minimum absolute atomic E-state index is 0. The molecule has 2 N–H and O–H groups in total. The summed E-state index contributed by atoms with van der Waals surface area (Å²) >= 11 is 0. The topological polar surface area (TPSA) is 54.9 Å². The molecule has 1 fully saturated rings. The Morgan fingerprint density at radius 3 is 2.81 bits per heavy atom. The van der Waals surface area contributed by atoms with E-state index in [1.165, 1.54) is 12.0 Å². The largest absolute Gasteiger partial charge is 0.493 e. The Kier molecular flexibility index (Phi) is 11.7. The fourth-order valence-corrected chi connectivity index (χ4v) is 2.98. The van der Waals surface area contributed by atoms with E-state index >= 15 is 0 Å². The van der Waals surface area contributed by atoms with Crippen LogP contribution >= 0.6 is 24.0 Å². The van der Waals surface area contributed by atoms with Crippen LogP contribution in [-0.4, -0.2) is 39.4 Å². The second-order valence-electron chi connectivity index (χ2n) is 7.54. The number of rotatable bonds is 9. The van der Waals surface area contributed by atoms with Crippen molar-refractivity contribution < 1.29 is 9.47 Å². The van der Waals surface area contributed by atoms with E-state index in [1.54, 1.807) is 0 Å². The molecule has 0 radical (unpaired) electrons. The van der Waals surface area contributed by atoms with Gasteiger partial charge in [-0.15, -0.1) is 24.0 Å². The predicted molar refractivity (Wildman–Crippen MR) is 123 cm³/mol. The summed E-state index contributed by atoms with van der Waals surface area (Å²) in [4.78, 5) is 4.31. The first-order valence-electron chi connectivity index (χ1n) is 9.83. The van der Waals surface area contributed by atoms with Gasteiger partial charge in [-0.1, -0.05) is 26.0 Å². The first kappa shape index (κ1) is 24.0. The zero-order chi connectivity index (χ0) is 18.8. The zero-order valence-electron chi connectivity index (χ0n) is 17.2. The van der Waals surface area contributed by atoms with Crippen molar-refractivity contribution >= 4 is 29.9 Å². The van der Waals surface area contributed by atoms with Crippen LogP contribution in [0, 0.1) is 18.8 Å². The van der Waals surface area contributed by atoms with E-state index in [9.17, 15) is 0 Å². The van der Waals surface area contributed by atoms with E-state index in [0.717, 1.165) is 62.4 Å². The van der Waals surface area contributed by atoms with Gasteiger partial charge in [0.25, 0.3) is 0 Å². The average Bonchev–Trinajstić information content (AvgIpc) is 3.14. The normalized spacial score (nSPS) is 16.9. The SMILES string of the molecule is CN=C(NCCCC(C)C)NCc1ccc(C)cc1OCC1CCOC1.I. The van der Waals surface area contributed by atoms with Crippen LogP contribution in [0.1, 0.15) is 44.2 Å². The van der Waals surface area contributed by atoms with E-state index < -0.39 is 0 Å². The monoisotopic (exact) mass is 489 g/mol. The van der Waals surface area contributed by atoms with Crippen LogP contribution in [0.25, 0.3) is 0 Å². The number of guanidine groups is 1. The highest BCUT2D eigenvalue weighted by Crippen LogP contribution is 2.22. The first-order chi connectivity index (χ1) is 12.6. The molecule has 27 heavy (non-hydrogen) atoms. The highest BCUT2D eigenvalue weighted by Gasteiger charge is 2.17. The molecular weight excluding hydrogens is 453 g/mol. The van der Waals surface area contributed by atoms with Crippen LogP contribution in [0.15, 0.2) is 23.2 Å². The number of ether oxygens (including phenoxy) is 2. The molecule has 0 aromatic heterocycles. The Morgan fingerprint density at radius 1 is 1.33 bits per heavy atom. The summed E-state index contributed by atoms with van der Waals surface area (Å²) in [6.45, 7) is 10.6. The molecule has 6 heteroatoms. The van der Waals surface area contributed by atoms with E-state index in [1.807, 2.05) is 7.05 Å². The molecule has 1 aromatic rings. The van der Waals surface area contributed by atoms with Crippen molar-refractivity contribution in [1.82, 2.24) is 10.6 Å². The van der Waals surface area contributed by atoms with E-state index in [4.69, 9.17) is 9.47 Å². The molecule has 1 heterocycles. The van der Waals surface area contributed by atoms with E-state index in [-0.39, 0.29) is 24.0 Å². The van der Waals surface area contributed by atoms with Gasteiger partial charge in [0, 0.05) is 38.2 Å². The lowest BCUT2D eigenvalue weighted by Crippen LogP contribution is -2.37. The van der Waals surface area contributed by atoms with Gasteiger partial charge in [-0.2, -0.15) is 0 Å². The molecule has 0 spiro atoms. The summed E-state index contributed by atoms with van der Waals surface area (Å²) in [5.74, 6) is 3.04. The van der Waals surface area contributed by atoms with Gasteiger partial charge in [-0.3, -0.25) is 4.99 Å². The predicted octanol–water partition coefficient (Wildman–Crippen LogP) is 4.13. The Bertz CT molecular complexity index is 573. The third-order valence-electron chi connectivity index (χ3n) is 4.64. The van der Waals surface area contributed by atoms with Gasteiger partial charge in [-0.25, -0.2) is 0 Å². The maximum Gasteiger partial charge on any atom is 0.191 e. The molecule has 5 nitrogen and oxygen atoms in total. The molecule has 1 unspecified atom stereocenters. The molecule has 2 rings (SSSR count). The van der Waals surface area contributed by atoms with Gasteiger partial charge in [0.05, 0.1) is 13.2 Å². The molecule has 1 atom stereocenters. The van der Waals surface area contributed by atoms with Crippen LogP contribution in [0.4, 0.5) is 0 Å². The maximum atomic E-state index is 6.11. The van der Waals surface area contributed by atoms with Crippen molar-refractivity contribution in [1.29, 1.82) is 0 Å². The van der Waals surface area contributed by atoms with Crippen molar-refractivity contribution in [2.45, 2.75) is 46.6 Å². The van der Waals surface area contributed by atoms with Crippen molar-refractivity contribution in [2.75, 3.05) is 33.4 Å². The number of aliphatic imine (C=N–C) groups is 1. The first-order valence-corrected chi connectivity index (χ1v) is 9.83. The molecule has 0 bridgehead atoms. The van der Waals surface area contributed by atoms with Crippen molar-refractivity contribution in [3.63, 3.8) is 0 Å². The molecule has 1 aliphatic heterocycles. The summed E-state index contributed by atoms with van der Waals surface area (Å²) in [7, 11) is 1.81. The summed E-state index contributed by atoms with van der Waals surface area (Å²) in [5, 5.41) is 6.78. The van der Waals surface area contributed by atoms with Gasteiger partial charge < -0.3 is 20.1 Å². The lowest BCUT2D eigenvalue weighted by molar-refractivity contribution is 0.166. The summed E-state index contributed by atoms with van der Waals surface area (Å²) in [6.07, 6.45) is 3.47. The number of aryl methyl sites for hydroxylation is 1. The Balaban J connectivity index is 0.00000364. The smallest absolute Gasteiger partial charge is 0.191 e. The highest BCUT2D eigenvalue weighted by atomic mass is 127. The molecule has 1 aromatic carbocycles. The fourth-order valence-electron chi connectivity index (χ4n) is 2.98. The molecular formula is C21H36IN3O2. The molecule has 1 aliphatic rings. The Hall–Kier alpha value is -1.02. The van der Waals surface area contributed by atoms with Crippen molar-refractivity contribution in [3.05, 3.63) is 29.3 Å². The minimum Gasteiger partial charge on any atom is -0.493 e. The average molecular weight is 489 g/mol. The molecule has 1 saturated heterocycles. The van der Waals surface area contributed by atoms with Gasteiger partial charge in [0.2, 0.25) is 0 Å². The lowest BCUT2D eigenvalue weighted by Gasteiger charge is -2.17. The molecule has 0 saturated carbocycles. The van der Waals surface area contributed by atoms with Crippen LogP contribution in [0.3, 0.4) is 0 Å². The summed E-state index contributed by atoms with van der Waals surface area (Å²) in [6, 6.07) is 6.38. The van der Waals surface area contributed by atoms with E-state index in [0.29, 0.717) is 12.5 Å². The number of hydrogen-bond acceptors (Lipinski definition) is 3. The highest BCUT2D eigenvalue weighted by molar-refractivity contribution is 14.0. The second kappa shape index (κ2) is 13.2. The van der Waals surface area contributed by atoms with Crippen LogP contribution < -0.4 is 15.4 Å². The maximum absolute atomic E-state index is 6.11. The van der Waals surface area contributed by atoms with E-state index in [2.05, 4.69) is 54.6 Å². The van der Waals surface area contributed by atoms with Crippen molar-refractivity contribution in [3.8, 4) is 5.75 Å². The molecule has 0 amide bonds. The van der Waals surface area contributed by atoms with Crippen LogP contribution in [0.2, 0.25) is 0 Å². The number of halogens is 1. The summed E-state index contributed by atoms with van der Waals surface area (Å²) < 4.78 is 11.6. The Morgan fingerprint density at radius 2 is 2.15 bits per heavy atom. The lowest BCUT2D eigenvalue weighted by atomic mass is 10.1. The number of nitrogens with one attached hydrogen (secondary N) is 2. The van der Waals surface area contributed by atoms with Gasteiger partial charge in [0.1, 0.15) is 5.75 Å². The van der Waals surface area contributed by atoms with Crippen molar-refractivity contribution in [2.24, 2.45) is 16.8 Å². The van der Waals surface area contributed by atoms with Crippen LogP contribution in [0.5, 0.6) is 5.75 Å². The third kappa shape index (κ3) is 9.14. The zero-order valence-corrected chi connectivity index (χ0v) is 19.5.